The second-order valence-corrected chi connectivity index (χ2v) is 5.03. The molecule has 1 unspecified atom stereocenters. The van der Waals surface area contributed by atoms with Gasteiger partial charge in [-0.1, -0.05) is 58.0 Å². The Morgan fingerprint density at radius 1 is 1.25 bits per heavy atom. The zero-order valence-corrected chi connectivity index (χ0v) is 10.8. The van der Waals surface area contributed by atoms with Gasteiger partial charge in [-0.2, -0.15) is 0 Å². The SMILES string of the molecule is CCCC(=O)C(C)C(C)(C)c1ccccc1. The van der Waals surface area contributed by atoms with E-state index in [9.17, 15) is 4.79 Å². The van der Waals surface area contributed by atoms with E-state index in [1.807, 2.05) is 25.1 Å². The van der Waals surface area contributed by atoms with Gasteiger partial charge in [-0.15, -0.1) is 0 Å². The van der Waals surface area contributed by atoms with Gasteiger partial charge in [0, 0.05) is 12.3 Å². The summed E-state index contributed by atoms with van der Waals surface area (Å²) in [5.74, 6) is 0.450. The van der Waals surface area contributed by atoms with Crippen molar-refractivity contribution in [3.63, 3.8) is 0 Å². The minimum atomic E-state index is -0.0759. The monoisotopic (exact) mass is 218 g/mol. The summed E-state index contributed by atoms with van der Waals surface area (Å²) in [5.41, 5.74) is 1.17. The molecule has 0 saturated carbocycles. The summed E-state index contributed by atoms with van der Waals surface area (Å²) in [6, 6.07) is 10.3. The molecule has 1 nitrogen and oxygen atoms in total. The number of hydrogen-bond acceptors (Lipinski definition) is 1. The molecule has 0 fully saturated rings. The summed E-state index contributed by atoms with van der Waals surface area (Å²) in [5, 5.41) is 0. The van der Waals surface area contributed by atoms with Gasteiger partial charge >= 0.3 is 0 Å². The Balaban J connectivity index is 2.89. The highest BCUT2D eigenvalue weighted by Crippen LogP contribution is 2.32. The highest BCUT2D eigenvalue weighted by atomic mass is 16.1. The molecule has 0 N–H and O–H groups in total. The summed E-state index contributed by atoms with van der Waals surface area (Å²) in [4.78, 5) is 12.0. The first-order valence-corrected chi connectivity index (χ1v) is 6.08. The van der Waals surface area contributed by atoms with Crippen LogP contribution in [-0.2, 0) is 10.2 Å². The lowest BCUT2D eigenvalue weighted by molar-refractivity contribution is -0.124. The number of ketones is 1. The van der Waals surface area contributed by atoms with Crippen molar-refractivity contribution in [1.29, 1.82) is 0 Å². The summed E-state index contributed by atoms with van der Waals surface area (Å²) in [6.07, 6.45) is 1.63. The largest absolute Gasteiger partial charge is 0.299 e. The van der Waals surface area contributed by atoms with Crippen molar-refractivity contribution in [3.8, 4) is 0 Å². The standard InChI is InChI=1S/C15H22O/c1-5-9-14(16)12(2)15(3,4)13-10-7-6-8-11-13/h6-8,10-12H,5,9H2,1-4H3. The number of hydrogen-bond donors (Lipinski definition) is 0. The highest BCUT2D eigenvalue weighted by molar-refractivity contribution is 5.82. The van der Waals surface area contributed by atoms with Crippen molar-refractivity contribution in [2.75, 3.05) is 0 Å². The molecule has 1 aromatic carbocycles. The van der Waals surface area contributed by atoms with Crippen molar-refractivity contribution >= 4 is 5.78 Å². The van der Waals surface area contributed by atoms with E-state index in [0.29, 0.717) is 12.2 Å². The van der Waals surface area contributed by atoms with Gasteiger partial charge in [-0.05, 0) is 17.4 Å². The second kappa shape index (κ2) is 5.29. The minimum absolute atomic E-state index is 0.0759. The second-order valence-electron chi connectivity index (χ2n) is 5.03. The van der Waals surface area contributed by atoms with E-state index in [1.165, 1.54) is 5.56 Å². The molecule has 0 aromatic heterocycles. The number of rotatable bonds is 5. The van der Waals surface area contributed by atoms with Gasteiger partial charge in [-0.25, -0.2) is 0 Å². The molecule has 1 heteroatoms. The maximum absolute atomic E-state index is 12.0. The van der Waals surface area contributed by atoms with Crippen molar-refractivity contribution in [2.24, 2.45) is 5.92 Å². The molecular formula is C15H22O. The maximum atomic E-state index is 12.0. The first-order valence-electron chi connectivity index (χ1n) is 6.08. The number of carbonyl (C=O) groups excluding carboxylic acids is 1. The topological polar surface area (TPSA) is 17.1 Å². The Kier molecular flexibility index (Phi) is 4.28. The molecule has 0 aliphatic rings. The lowest BCUT2D eigenvalue weighted by atomic mass is 9.72. The molecule has 16 heavy (non-hydrogen) atoms. The summed E-state index contributed by atoms with van der Waals surface area (Å²) in [7, 11) is 0. The summed E-state index contributed by atoms with van der Waals surface area (Å²) < 4.78 is 0. The van der Waals surface area contributed by atoms with E-state index in [2.05, 4.69) is 32.9 Å². The molecule has 0 heterocycles. The maximum Gasteiger partial charge on any atom is 0.136 e. The summed E-state index contributed by atoms with van der Waals surface area (Å²) >= 11 is 0. The van der Waals surface area contributed by atoms with E-state index >= 15 is 0 Å². The van der Waals surface area contributed by atoms with Crippen molar-refractivity contribution in [3.05, 3.63) is 35.9 Å². The average Bonchev–Trinajstić information content (AvgIpc) is 2.29. The quantitative estimate of drug-likeness (QED) is 0.731. The van der Waals surface area contributed by atoms with Crippen LogP contribution in [-0.4, -0.2) is 5.78 Å². The van der Waals surface area contributed by atoms with Crippen LogP contribution in [0.15, 0.2) is 30.3 Å². The van der Waals surface area contributed by atoms with E-state index in [-0.39, 0.29) is 11.3 Å². The van der Waals surface area contributed by atoms with Crippen LogP contribution in [0.1, 0.15) is 46.1 Å². The average molecular weight is 218 g/mol. The Morgan fingerprint density at radius 2 is 1.81 bits per heavy atom. The molecule has 88 valence electrons. The van der Waals surface area contributed by atoms with E-state index in [4.69, 9.17) is 0 Å². The fraction of sp³-hybridized carbons (Fsp3) is 0.533. The Hall–Kier alpha value is -1.11. The molecule has 0 radical (unpaired) electrons. The van der Waals surface area contributed by atoms with Crippen LogP contribution in [0, 0.1) is 5.92 Å². The minimum Gasteiger partial charge on any atom is -0.299 e. The fourth-order valence-electron chi connectivity index (χ4n) is 1.98. The predicted octanol–water partition coefficient (Wildman–Crippen LogP) is 3.97. The third kappa shape index (κ3) is 2.72. The van der Waals surface area contributed by atoms with Gasteiger partial charge in [0.15, 0.2) is 0 Å². The highest BCUT2D eigenvalue weighted by Gasteiger charge is 2.31. The first-order chi connectivity index (χ1) is 7.50. The normalized spacial score (nSPS) is 13.5. The molecule has 1 atom stereocenters. The Bertz CT molecular complexity index is 338. The van der Waals surface area contributed by atoms with Crippen molar-refractivity contribution in [1.82, 2.24) is 0 Å². The number of carbonyl (C=O) groups is 1. The Labute approximate surface area is 98.9 Å². The lowest BCUT2D eigenvalue weighted by Gasteiger charge is -2.31. The Morgan fingerprint density at radius 3 is 2.31 bits per heavy atom. The van der Waals surface area contributed by atoms with E-state index in [0.717, 1.165) is 6.42 Å². The molecule has 1 rings (SSSR count). The zero-order chi connectivity index (χ0) is 12.2. The van der Waals surface area contributed by atoms with Crippen LogP contribution in [0.25, 0.3) is 0 Å². The molecule has 0 bridgehead atoms. The first kappa shape index (κ1) is 13.0. The number of Topliss-reactive ketones (excluding diaryl/α,β-unsaturated/α-hetero) is 1. The molecular weight excluding hydrogens is 196 g/mol. The van der Waals surface area contributed by atoms with Crippen LogP contribution < -0.4 is 0 Å². The van der Waals surface area contributed by atoms with Crippen LogP contribution in [0.5, 0.6) is 0 Å². The van der Waals surface area contributed by atoms with Gasteiger partial charge in [0.1, 0.15) is 5.78 Å². The molecule has 0 aliphatic carbocycles. The third-order valence-corrected chi connectivity index (χ3v) is 3.58. The van der Waals surface area contributed by atoms with Gasteiger partial charge in [0.05, 0.1) is 0 Å². The zero-order valence-electron chi connectivity index (χ0n) is 10.8. The molecule has 0 amide bonds. The van der Waals surface area contributed by atoms with Gasteiger partial charge in [0.2, 0.25) is 0 Å². The van der Waals surface area contributed by atoms with Crippen LogP contribution in [0.2, 0.25) is 0 Å². The summed E-state index contributed by atoms with van der Waals surface area (Å²) in [6.45, 7) is 8.41. The molecule has 1 aromatic rings. The number of benzene rings is 1. The van der Waals surface area contributed by atoms with E-state index < -0.39 is 0 Å². The smallest absolute Gasteiger partial charge is 0.136 e. The molecule has 0 spiro atoms. The lowest BCUT2D eigenvalue weighted by Crippen LogP contribution is -2.32. The molecule has 0 aliphatic heterocycles. The van der Waals surface area contributed by atoms with Gasteiger partial charge < -0.3 is 0 Å². The third-order valence-electron chi connectivity index (χ3n) is 3.58. The van der Waals surface area contributed by atoms with E-state index in [1.54, 1.807) is 0 Å². The van der Waals surface area contributed by atoms with Gasteiger partial charge in [-0.3, -0.25) is 4.79 Å². The van der Waals surface area contributed by atoms with Crippen molar-refractivity contribution < 1.29 is 4.79 Å². The predicted molar refractivity (Wildman–Crippen MR) is 68.5 cm³/mol. The fourth-order valence-corrected chi connectivity index (χ4v) is 1.98. The van der Waals surface area contributed by atoms with Crippen LogP contribution in [0.4, 0.5) is 0 Å². The molecule has 0 saturated heterocycles. The van der Waals surface area contributed by atoms with Crippen LogP contribution >= 0.6 is 0 Å². The van der Waals surface area contributed by atoms with Crippen LogP contribution in [0.3, 0.4) is 0 Å². The van der Waals surface area contributed by atoms with Crippen molar-refractivity contribution in [2.45, 2.75) is 46.0 Å². The van der Waals surface area contributed by atoms with Gasteiger partial charge in [0.25, 0.3) is 0 Å².